The highest BCUT2D eigenvalue weighted by atomic mass is 19.4. The van der Waals surface area contributed by atoms with Crippen LogP contribution in [0.4, 0.5) is 13.2 Å². The monoisotopic (exact) mass is 199 g/mol. The van der Waals surface area contributed by atoms with E-state index in [1.165, 1.54) is 0 Å². The minimum atomic E-state index is -4.33. The molecule has 0 saturated carbocycles. The Morgan fingerprint density at radius 3 is 2.08 bits per heavy atom. The maximum absolute atomic E-state index is 11.9. The molecular formula is C8H16F3NO. The average molecular weight is 199 g/mol. The average Bonchev–Trinajstić information content (AvgIpc) is 2.00. The van der Waals surface area contributed by atoms with Crippen LogP contribution in [0, 0.1) is 5.41 Å². The lowest BCUT2D eigenvalue weighted by Gasteiger charge is -2.32. The zero-order valence-electron chi connectivity index (χ0n) is 7.86. The zero-order valence-corrected chi connectivity index (χ0v) is 7.86. The molecule has 0 aliphatic carbocycles. The molecule has 2 nitrogen and oxygen atoms in total. The maximum Gasteiger partial charge on any atom is 0.391 e. The van der Waals surface area contributed by atoms with Crippen LogP contribution in [0.15, 0.2) is 0 Å². The Morgan fingerprint density at radius 1 is 1.38 bits per heavy atom. The van der Waals surface area contributed by atoms with Crippen molar-refractivity contribution in [1.29, 1.82) is 0 Å². The summed E-state index contributed by atoms with van der Waals surface area (Å²) < 4.78 is 35.7. The standard InChI is InChI=1S/C8H16F3NO/c1-3-7(2,5-12)6(13)4-8(9,10)11/h6,13H,3-5,12H2,1-2H3. The van der Waals surface area contributed by atoms with Gasteiger partial charge in [0.05, 0.1) is 12.5 Å². The van der Waals surface area contributed by atoms with Gasteiger partial charge in [-0.15, -0.1) is 0 Å². The van der Waals surface area contributed by atoms with Crippen LogP contribution in [0.1, 0.15) is 26.7 Å². The topological polar surface area (TPSA) is 46.2 Å². The summed E-state index contributed by atoms with van der Waals surface area (Å²) in [6.45, 7) is 3.33. The van der Waals surface area contributed by atoms with Crippen molar-refractivity contribution in [2.24, 2.45) is 11.1 Å². The molecule has 0 saturated heterocycles. The SMILES string of the molecule is CCC(C)(CN)C(O)CC(F)(F)F. The molecule has 13 heavy (non-hydrogen) atoms. The van der Waals surface area contributed by atoms with Crippen molar-refractivity contribution < 1.29 is 18.3 Å². The van der Waals surface area contributed by atoms with Gasteiger partial charge in [-0.05, 0) is 6.42 Å². The fraction of sp³-hybridized carbons (Fsp3) is 1.00. The smallest absolute Gasteiger partial charge is 0.391 e. The van der Waals surface area contributed by atoms with Gasteiger partial charge in [0.1, 0.15) is 0 Å². The molecule has 0 rings (SSSR count). The minimum absolute atomic E-state index is 0.0563. The lowest BCUT2D eigenvalue weighted by atomic mass is 9.80. The van der Waals surface area contributed by atoms with Crippen molar-refractivity contribution in [3.63, 3.8) is 0 Å². The van der Waals surface area contributed by atoms with E-state index in [1.807, 2.05) is 0 Å². The van der Waals surface area contributed by atoms with Gasteiger partial charge in [-0.2, -0.15) is 13.2 Å². The Hall–Kier alpha value is -0.290. The van der Waals surface area contributed by atoms with Crippen molar-refractivity contribution in [3.05, 3.63) is 0 Å². The highest BCUT2D eigenvalue weighted by molar-refractivity contribution is 4.83. The molecule has 0 aliphatic heterocycles. The van der Waals surface area contributed by atoms with Crippen molar-refractivity contribution in [3.8, 4) is 0 Å². The van der Waals surface area contributed by atoms with Crippen LogP contribution >= 0.6 is 0 Å². The molecule has 0 aliphatic rings. The van der Waals surface area contributed by atoms with Gasteiger partial charge in [-0.25, -0.2) is 0 Å². The summed E-state index contributed by atoms with van der Waals surface area (Å²) >= 11 is 0. The number of halogens is 3. The van der Waals surface area contributed by atoms with E-state index in [9.17, 15) is 18.3 Å². The summed E-state index contributed by atoms with van der Waals surface area (Å²) in [5, 5.41) is 9.30. The van der Waals surface area contributed by atoms with Crippen LogP contribution in [-0.2, 0) is 0 Å². The largest absolute Gasteiger partial charge is 0.392 e. The van der Waals surface area contributed by atoms with Crippen molar-refractivity contribution >= 4 is 0 Å². The number of alkyl halides is 3. The lowest BCUT2D eigenvalue weighted by molar-refractivity contribution is -0.167. The van der Waals surface area contributed by atoms with E-state index in [1.54, 1.807) is 13.8 Å². The Kier molecular flexibility index (Phi) is 4.19. The van der Waals surface area contributed by atoms with Crippen LogP contribution in [0.2, 0.25) is 0 Å². The van der Waals surface area contributed by atoms with Crippen molar-refractivity contribution in [2.45, 2.75) is 39.0 Å². The fourth-order valence-electron chi connectivity index (χ4n) is 0.982. The van der Waals surface area contributed by atoms with Crippen LogP contribution in [0.3, 0.4) is 0 Å². The lowest BCUT2D eigenvalue weighted by Crippen LogP contribution is -2.41. The molecule has 0 radical (unpaired) electrons. The molecule has 0 fully saturated rings. The van der Waals surface area contributed by atoms with Gasteiger partial charge < -0.3 is 10.8 Å². The third kappa shape index (κ3) is 3.95. The van der Waals surface area contributed by atoms with Crippen LogP contribution in [0.25, 0.3) is 0 Å². The van der Waals surface area contributed by atoms with E-state index in [4.69, 9.17) is 5.73 Å². The van der Waals surface area contributed by atoms with Gasteiger partial charge in [0.2, 0.25) is 0 Å². The first kappa shape index (κ1) is 12.7. The molecule has 0 aromatic carbocycles. The predicted molar refractivity (Wildman–Crippen MR) is 44.1 cm³/mol. The molecule has 5 heteroatoms. The number of rotatable bonds is 4. The second-order valence-corrected chi connectivity index (χ2v) is 3.55. The summed E-state index contributed by atoms with van der Waals surface area (Å²) in [6.07, 6.45) is -6.50. The summed E-state index contributed by atoms with van der Waals surface area (Å²) in [7, 11) is 0. The second kappa shape index (κ2) is 4.28. The molecule has 0 aromatic rings. The summed E-state index contributed by atoms with van der Waals surface area (Å²) in [5.74, 6) is 0. The van der Waals surface area contributed by atoms with Gasteiger partial charge in [0.25, 0.3) is 0 Å². The van der Waals surface area contributed by atoms with Crippen molar-refractivity contribution in [1.82, 2.24) is 0 Å². The van der Waals surface area contributed by atoms with E-state index < -0.39 is 24.1 Å². The van der Waals surface area contributed by atoms with Gasteiger partial charge in [-0.3, -0.25) is 0 Å². The first-order chi connectivity index (χ1) is 5.75. The Labute approximate surface area is 75.9 Å². The number of aliphatic hydroxyl groups excluding tert-OH is 1. The molecule has 0 heterocycles. The van der Waals surface area contributed by atoms with Crippen LogP contribution in [-0.4, -0.2) is 23.9 Å². The molecule has 2 unspecified atom stereocenters. The predicted octanol–water partition coefficient (Wildman–Crippen LogP) is 1.67. The van der Waals surface area contributed by atoms with Gasteiger partial charge in [-0.1, -0.05) is 13.8 Å². The van der Waals surface area contributed by atoms with E-state index >= 15 is 0 Å². The highest BCUT2D eigenvalue weighted by Crippen LogP contribution is 2.32. The Bertz CT molecular complexity index is 154. The summed E-state index contributed by atoms with van der Waals surface area (Å²) in [5.41, 5.74) is 4.47. The number of hydrogen-bond acceptors (Lipinski definition) is 2. The van der Waals surface area contributed by atoms with E-state index in [0.717, 1.165) is 0 Å². The normalized spacial score (nSPS) is 19.6. The summed E-state index contributed by atoms with van der Waals surface area (Å²) in [6, 6.07) is 0. The zero-order chi connectivity index (χ0) is 10.7. The highest BCUT2D eigenvalue weighted by Gasteiger charge is 2.39. The molecule has 3 N–H and O–H groups in total. The molecule has 80 valence electrons. The first-order valence-electron chi connectivity index (χ1n) is 4.20. The number of hydrogen-bond donors (Lipinski definition) is 2. The van der Waals surface area contributed by atoms with Gasteiger partial charge in [0, 0.05) is 12.0 Å². The maximum atomic E-state index is 11.9. The molecule has 0 aromatic heterocycles. The van der Waals surface area contributed by atoms with Gasteiger partial charge in [0.15, 0.2) is 0 Å². The van der Waals surface area contributed by atoms with Crippen molar-refractivity contribution in [2.75, 3.05) is 6.54 Å². The van der Waals surface area contributed by atoms with E-state index in [0.29, 0.717) is 6.42 Å². The molecule has 0 amide bonds. The molecule has 0 bridgehead atoms. The molecule has 2 atom stereocenters. The first-order valence-corrected chi connectivity index (χ1v) is 4.20. The van der Waals surface area contributed by atoms with E-state index in [-0.39, 0.29) is 6.54 Å². The Balaban J connectivity index is 4.31. The minimum Gasteiger partial charge on any atom is -0.392 e. The number of nitrogens with two attached hydrogens (primary N) is 1. The Morgan fingerprint density at radius 2 is 1.85 bits per heavy atom. The van der Waals surface area contributed by atoms with Crippen LogP contribution in [0.5, 0.6) is 0 Å². The van der Waals surface area contributed by atoms with E-state index in [2.05, 4.69) is 0 Å². The number of aliphatic hydroxyl groups is 1. The van der Waals surface area contributed by atoms with Gasteiger partial charge >= 0.3 is 6.18 Å². The third-order valence-electron chi connectivity index (χ3n) is 2.50. The second-order valence-electron chi connectivity index (χ2n) is 3.55. The van der Waals surface area contributed by atoms with Crippen LogP contribution < -0.4 is 5.73 Å². The molecule has 0 spiro atoms. The fourth-order valence-corrected chi connectivity index (χ4v) is 0.982. The third-order valence-corrected chi connectivity index (χ3v) is 2.50. The molecular weight excluding hydrogens is 183 g/mol. The quantitative estimate of drug-likeness (QED) is 0.723. The summed E-state index contributed by atoms with van der Waals surface area (Å²) in [4.78, 5) is 0.